The van der Waals surface area contributed by atoms with Gasteiger partial charge in [-0.15, -0.1) is 0 Å². The molecule has 0 aromatic heterocycles. The van der Waals surface area contributed by atoms with Crippen molar-refractivity contribution in [3.05, 3.63) is 101 Å². The summed E-state index contributed by atoms with van der Waals surface area (Å²) in [5.41, 5.74) is -1.90. The molecule has 0 radical (unpaired) electrons. The molecule has 41 heavy (non-hydrogen) atoms. The number of hydrogen-bond acceptors (Lipinski definition) is 6. The maximum absolute atomic E-state index is 13.9. The van der Waals surface area contributed by atoms with E-state index < -0.39 is 59.5 Å². The van der Waals surface area contributed by atoms with Crippen LogP contribution < -0.4 is 10.2 Å². The predicted molar refractivity (Wildman–Crippen MR) is 140 cm³/mol. The molecule has 4 atom stereocenters. The highest BCUT2D eigenvalue weighted by Crippen LogP contribution is 2.50. The number of aliphatic carboxylic acids is 1. The predicted octanol–water partition coefficient (Wildman–Crippen LogP) is 4.40. The number of hydrogen-bond donors (Lipinski definition) is 2. The van der Waals surface area contributed by atoms with Crippen LogP contribution in [0.25, 0.3) is 0 Å². The zero-order valence-electron chi connectivity index (χ0n) is 21.7. The fraction of sp³-hybridized carbons (Fsp3) is 0.267. The van der Waals surface area contributed by atoms with E-state index in [0.717, 1.165) is 22.6 Å². The van der Waals surface area contributed by atoms with Crippen molar-refractivity contribution < 1.29 is 42.2 Å². The number of carboxylic acids is 1. The summed E-state index contributed by atoms with van der Waals surface area (Å²) in [6.45, 7) is 0.819. The molecule has 2 N–H and O–H groups in total. The normalized spacial score (nSPS) is 24.0. The number of nitrogens with zero attached hydrogens (tertiary/aromatic N) is 1. The minimum absolute atomic E-state index is 0.00151. The number of rotatable bonds is 8. The number of amides is 2. The van der Waals surface area contributed by atoms with Crippen LogP contribution in [0, 0.1) is 11.8 Å². The molecule has 2 heterocycles. The van der Waals surface area contributed by atoms with Crippen molar-refractivity contribution in [2.45, 2.75) is 31.3 Å². The summed E-state index contributed by atoms with van der Waals surface area (Å²) in [5, 5.41) is 13.3. The molecule has 3 aromatic rings. The fourth-order valence-electron chi connectivity index (χ4n) is 5.59. The van der Waals surface area contributed by atoms with Crippen LogP contribution in [0.3, 0.4) is 0 Å². The Morgan fingerprint density at radius 3 is 2.27 bits per heavy atom. The Bertz CT molecular complexity index is 1510. The van der Waals surface area contributed by atoms with E-state index in [1.165, 1.54) is 43.3 Å². The molecule has 0 saturated carbocycles. The minimum atomic E-state index is -4.68. The molecular weight excluding hydrogens is 541 g/mol. The molecule has 3 aromatic carbocycles. The second-order valence-corrected chi connectivity index (χ2v) is 10.1. The molecule has 4 unspecified atom stereocenters. The van der Waals surface area contributed by atoms with Crippen LogP contribution in [0.15, 0.2) is 78.9 Å². The molecule has 2 aliphatic rings. The highest BCUT2D eigenvalue weighted by atomic mass is 19.4. The molecule has 2 fully saturated rings. The average Bonchev–Trinajstić information content (AvgIpc) is 3.43. The van der Waals surface area contributed by atoms with Crippen molar-refractivity contribution >= 4 is 29.3 Å². The number of ether oxygens (including phenoxy) is 1. The second-order valence-electron chi connectivity index (χ2n) is 10.1. The van der Waals surface area contributed by atoms with E-state index in [4.69, 9.17) is 4.74 Å². The highest BCUT2D eigenvalue weighted by Gasteiger charge is 2.69. The van der Waals surface area contributed by atoms with Gasteiger partial charge in [-0.05, 0) is 54.4 Å². The van der Waals surface area contributed by atoms with Crippen LogP contribution in [0.2, 0.25) is 0 Å². The Morgan fingerprint density at radius 1 is 0.976 bits per heavy atom. The first-order chi connectivity index (χ1) is 19.4. The van der Waals surface area contributed by atoms with Gasteiger partial charge in [-0.25, -0.2) is 4.90 Å². The zero-order valence-corrected chi connectivity index (χ0v) is 21.7. The fourth-order valence-corrected chi connectivity index (χ4v) is 5.59. The first kappa shape index (κ1) is 28.2. The van der Waals surface area contributed by atoms with Gasteiger partial charge in [0, 0.05) is 11.6 Å². The molecule has 5 rings (SSSR count). The second kappa shape index (κ2) is 10.6. The number of carbonyl (C=O) groups is 4. The van der Waals surface area contributed by atoms with Crippen molar-refractivity contribution in [2.24, 2.45) is 11.8 Å². The maximum Gasteiger partial charge on any atom is 0.416 e. The topological polar surface area (TPSA) is 113 Å². The van der Waals surface area contributed by atoms with Crippen molar-refractivity contribution in [2.75, 3.05) is 11.5 Å². The Kier molecular flexibility index (Phi) is 7.26. The molecule has 8 nitrogen and oxygen atoms in total. The Balaban J connectivity index is 1.57. The van der Waals surface area contributed by atoms with E-state index in [1.807, 2.05) is 0 Å². The molecule has 0 aliphatic carbocycles. The lowest BCUT2D eigenvalue weighted by molar-refractivity contribution is -0.152. The molecule has 2 aliphatic heterocycles. The summed E-state index contributed by atoms with van der Waals surface area (Å²) in [6.07, 6.45) is -4.68. The third-order valence-corrected chi connectivity index (χ3v) is 7.58. The first-order valence-electron chi connectivity index (χ1n) is 12.7. The SMILES string of the molecule is CC(=O)c1ccc(N2C(=O)C3C(c4cccc(C(F)(F)F)c4)NC(COCc4ccccc4)(C(=O)O)C3C2=O)cc1. The van der Waals surface area contributed by atoms with Crippen molar-refractivity contribution in [1.82, 2.24) is 5.32 Å². The minimum Gasteiger partial charge on any atom is -0.480 e. The number of imide groups is 1. The summed E-state index contributed by atoms with van der Waals surface area (Å²) in [6, 6.07) is 17.5. The van der Waals surface area contributed by atoms with Crippen LogP contribution >= 0.6 is 0 Å². The molecular formula is C30H25F3N2O6. The summed E-state index contributed by atoms with van der Waals surface area (Å²) in [5.74, 6) is -6.14. The lowest BCUT2D eigenvalue weighted by Gasteiger charge is -2.31. The average molecular weight is 567 g/mol. The number of nitrogens with one attached hydrogen (secondary N) is 1. The summed E-state index contributed by atoms with van der Waals surface area (Å²) < 4.78 is 46.4. The molecule has 0 spiro atoms. The molecule has 0 bridgehead atoms. The van der Waals surface area contributed by atoms with Crippen molar-refractivity contribution in [3.8, 4) is 0 Å². The van der Waals surface area contributed by atoms with E-state index in [0.29, 0.717) is 5.56 Å². The highest BCUT2D eigenvalue weighted by molar-refractivity contribution is 6.24. The van der Waals surface area contributed by atoms with Gasteiger partial charge in [0.05, 0.1) is 36.3 Å². The smallest absolute Gasteiger partial charge is 0.416 e. The summed E-state index contributed by atoms with van der Waals surface area (Å²) in [4.78, 5) is 53.1. The largest absolute Gasteiger partial charge is 0.480 e. The lowest BCUT2D eigenvalue weighted by atomic mass is 9.79. The van der Waals surface area contributed by atoms with Gasteiger partial charge in [-0.2, -0.15) is 13.2 Å². The number of benzene rings is 3. The Morgan fingerprint density at radius 2 is 1.66 bits per heavy atom. The van der Waals surface area contributed by atoms with Crippen LogP contribution in [-0.2, 0) is 31.9 Å². The van der Waals surface area contributed by atoms with Crippen molar-refractivity contribution in [3.63, 3.8) is 0 Å². The van der Waals surface area contributed by atoms with Gasteiger partial charge in [0.15, 0.2) is 11.3 Å². The van der Waals surface area contributed by atoms with E-state index >= 15 is 0 Å². The van der Waals surface area contributed by atoms with Gasteiger partial charge in [0.2, 0.25) is 11.8 Å². The number of anilines is 1. The van der Waals surface area contributed by atoms with Crippen LogP contribution in [0.1, 0.15) is 40.0 Å². The van der Waals surface area contributed by atoms with E-state index in [9.17, 15) is 37.5 Å². The quantitative estimate of drug-likeness (QED) is 0.307. The molecule has 11 heteroatoms. The maximum atomic E-state index is 13.9. The first-order valence-corrected chi connectivity index (χ1v) is 12.7. The number of carboxylic acid groups (broad SMARTS) is 1. The van der Waals surface area contributed by atoms with Gasteiger partial charge in [0.25, 0.3) is 0 Å². The van der Waals surface area contributed by atoms with E-state index in [-0.39, 0.29) is 23.6 Å². The van der Waals surface area contributed by atoms with Crippen molar-refractivity contribution in [1.29, 1.82) is 0 Å². The van der Waals surface area contributed by atoms with Gasteiger partial charge in [-0.1, -0.05) is 42.5 Å². The number of fused-ring (bicyclic) bond motifs is 1. The third-order valence-electron chi connectivity index (χ3n) is 7.58. The number of halogens is 3. The van der Waals surface area contributed by atoms with E-state index in [2.05, 4.69) is 5.32 Å². The number of alkyl halides is 3. The van der Waals surface area contributed by atoms with Crippen LogP contribution in [0.5, 0.6) is 0 Å². The summed E-state index contributed by atoms with van der Waals surface area (Å²) >= 11 is 0. The van der Waals surface area contributed by atoms with Crippen LogP contribution in [0.4, 0.5) is 18.9 Å². The molecule has 212 valence electrons. The van der Waals surface area contributed by atoms with Crippen LogP contribution in [-0.4, -0.2) is 40.8 Å². The van der Waals surface area contributed by atoms with Gasteiger partial charge < -0.3 is 9.84 Å². The monoisotopic (exact) mass is 566 g/mol. The lowest BCUT2D eigenvalue weighted by Crippen LogP contribution is -2.59. The van der Waals surface area contributed by atoms with Gasteiger partial charge in [-0.3, -0.25) is 24.5 Å². The Hall–Kier alpha value is -4.35. The van der Waals surface area contributed by atoms with E-state index in [1.54, 1.807) is 30.3 Å². The molecule has 2 saturated heterocycles. The Labute approximate surface area is 232 Å². The number of ketones is 1. The molecule has 2 amide bonds. The standard InChI is InChI=1S/C30H25F3N2O6/c1-17(36)19-10-12-22(13-11-19)35-26(37)23-24(27(35)38)29(28(39)40,16-41-15-18-6-3-2-4-7-18)34-25(23)20-8-5-9-21(14-20)30(31,32)33/h2-14,23-25,34H,15-16H2,1H3,(H,39,40). The third kappa shape index (κ3) is 5.02. The summed E-state index contributed by atoms with van der Waals surface area (Å²) in [7, 11) is 0. The van der Waals surface area contributed by atoms with Gasteiger partial charge in [0.1, 0.15) is 0 Å². The zero-order chi connectivity index (χ0) is 29.5. The van der Waals surface area contributed by atoms with Gasteiger partial charge >= 0.3 is 12.1 Å². The number of Topliss-reactive ketones (excluding diaryl/α,β-unsaturated/α-hetero) is 1. The number of carbonyl (C=O) groups excluding carboxylic acids is 3.